The minimum absolute atomic E-state index is 0.783. The number of rotatable bonds is 3. The highest BCUT2D eigenvalue weighted by Gasteiger charge is 1.94. The highest BCUT2D eigenvalue weighted by molar-refractivity contribution is 5.30. The van der Waals surface area contributed by atoms with Gasteiger partial charge >= 0.3 is 0 Å². The fraction of sp³-hybridized carbons (Fsp3) is 0.167. The lowest BCUT2D eigenvalue weighted by Gasteiger charge is -2.05. The van der Waals surface area contributed by atoms with Crippen molar-refractivity contribution in [2.75, 3.05) is 0 Å². The maximum Gasteiger partial charge on any atom is 0.127 e. The first-order valence-corrected chi connectivity index (χ1v) is 4.29. The molecule has 0 bridgehead atoms. The van der Waals surface area contributed by atoms with Crippen molar-refractivity contribution in [2.45, 2.75) is 13.8 Å². The third-order valence-electron chi connectivity index (χ3n) is 1.71. The SMILES string of the molecule is C=C/C(=C\C)Oc1cccc(C)c1. The van der Waals surface area contributed by atoms with Crippen molar-refractivity contribution in [1.29, 1.82) is 0 Å². The molecule has 1 rings (SSSR count). The Balaban J connectivity index is 2.79. The van der Waals surface area contributed by atoms with Crippen molar-refractivity contribution in [3.05, 3.63) is 54.3 Å². The molecular formula is C12H14O. The molecule has 0 N–H and O–H groups in total. The molecule has 68 valence electrons. The van der Waals surface area contributed by atoms with Gasteiger partial charge in [-0.2, -0.15) is 0 Å². The summed E-state index contributed by atoms with van der Waals surface area (Å²) in [6.07, 6.45) is 3.58. The van der Waals surface area contributed by atoms with Gasteiger partial charge in [-0.15, -0.1) is 0 Å². The minimum atomic E-state index is 0.783. The molecule has 0 aliphatic carbocycles. The Kier molecular flexibility index (Phi) is 3.32. The Hall–Kier alpha value is -1.50. The highest BCUT2D eigenvalue weighted by atomic mass is 16.5. The van der Waals surface area contributed by atoms with Gasteiger partial charge in [0, 0.05) is 0 Å². The zero-order chi connectivity index (χ0) is 9.68. The fourth-order valence-electron chi connectivity index (χ4n) is 1.03. The van der Waals surface area contributed by atoms with Gasteiger partial charge in [0.1, 0.15) is 11.5 Å². The van der Waals surface area contributed by atoms with Gasteiger partial charge in [-0.05, 0) is 43.7 Å². The molecule has 0 heterocycles. The molecule has 0 radical (unpaired) electrons. The molecule has 0 unspecified atom stereocenters. The van der Waals surface area contributed by atoms with Gasteiger partial charge in [-0.3, -0.25) is 0 Å². The maximum atomic E-state index is 5.54. The summed E-state index contributed by atoms with van der Waals surface area (Å²) < 4.78 is 5.54. The third-order valence-corrected chi connectivity index (χ3v) is 1.71. The van der Waals surface area contributed by atoms with Crippen molar-refractivity contribution in [2.24, 2.45) is 0 Å². The van der Waals surface area contributed by atoms with Crippen molar-refractivity contribution >= 4 is 0 Å². The van der Waals surface area contributed by atoms with Crippen LogP contribution in [0.2, 0.25) is 0 Å². The van der Waals surface area contributed by atoms with E-state index in [9.17, 15) is 0 Å². The van der Waals surface area contributed by atoms with E-state index in [1.54, 1.807) is 6.08 Å². The van der Waals surface area contributed by atoms with Crippen LogP contribution in [0, 0.1) is 6.92 Å². The van der Waals surface area contributed by atoms with E-state index < -0.39 is 0 Å². The molecule has 0 spiro atoms. The summed E-state index contributed by atoms with van der Waals surface area (Å²) in [5, 5.41) is 0. The van der Waals surface area contributed by atoms with Crippen LogP contribution in [0.25, 0.3) is 0 Å². The van der Waals surface area contributed by atoms with Crippen molar-refractivity contribution < 1.29 is 4.74 Å². The molecule has 1 nitrogen and oxygen atoms in total. The fourth-order valence-corrected chi connectivity index (χ4v) is 1.03. The number of aryl methyl sites for hydroxylation is 1. The zero-order valence-electron chi connectivity index (χ0n) is 8.08. The van der Waals surface area contributed by atoms with Gasteiger partial charge in [-0.1, -0.05) is 18.7 Å². The Morgan fingerprint density at radius 1 is 1.46 bits per heavy atom. The van der Waals surface area contributed by atoms with E-state index in [1.165, 1.54) is 5.56 Å². The summed E-state index contributed by atoms with van der Waals surface area (Å²) in [5.41, 5.74) is 1.19. The second kappa shape index (κ2) is 4.51. The zero-order valence-corrected chi connectivity index (χ0v) is 8.08. The Morgan fingerprint density at radius 2 is 2.23 bits per heavy atom. The molecular weight excluding hydrogens is 160 g/mol. The second-order valence-corrected chi connectivity index (χ2v) is 2.81. The molecule has 0 aliphatic heterocycles. The van der Waals surface area contributed by atoms with Crippen LogP contribution >= 0.6 is 0 Å². The topological polar surface area (TPSA) is 9.23 Å². The van der Waals surface area contributed by atoms with E-state index in [2.05, 4.69) is 6.58 Å². The molecule has 13 heavy (non-hydrogen) atoms. The first kappa shape index (κ1) is 9.59. The minimum Gasteiger partial charge on any atom is -0.458 e. The van der Waals surface area contributed by atoms with Gasteiger partial charge < -0.3 is 4.74 Å². The van der Waals surface area contributed by atoms with E-state index in [1.807, 2.05) is 44.2 Å². The van der Waals surface area contributed by atoms with Gasteiger partial charge in [-0.25, -0.2) is 0 Å². The largest absolute Gasteiger partial charge is 0.458 e. The number of benzene rings is 1. The first-order valence-electron chi connectivity index (χ1n) is 4.29. The number of hydrogen-bond donors (Lipinski definition) is 0. The summed E-state index contributed by atoms with van der Waals surface area (Å²) in [4.78, 5) is 0. The number of hydrogen-bond acceptors (Lipinski definition) is 1. The van der Waals surface area contributed by atoms with Crippen LogP contribution in [-0.4, -0.2) is 0 Å². The molecule has 1 heteroatoms. The summed E-state index contributed by atoms with van der Waals surface area (Å²) in [6.45, 7) is 7.62. The van der Waals surface area contributed by atoms with Gasteiger partial charge in [0.25, 0.3) is 0 Å². The van der Waals surface area contributed by atoms with Crippen LogP contribution in [0.1, 0.15) is 12.5 Å². The predicted molar refractivity (Wildman–Crippen MR) is 55.8 cm³/mol. The van der Waals surface area contributed by atoms with Crippen molar-refractivity contribution in [1.82, 2.24) is 0 Å². The monoisotopic (exact) mass is 174 g/mol. The third kappa shape index (κ3) is 2.79. The van der Waals surface area contributed by atoms with Crippen LogP contribution in [0.3, 0.4) is 0 Å². The van der Waals surface area contributed by atoms with Crippen LogP contribution in [-0.2, 0) is 0 Å². The Morgan fingerprint density at radius 3 is 2.77 bits per heavy atom. The van der Waals surface area contributed by atoms with Gasteiger partial charge in [0.05, 0.1) is 0 Å². The average molecular weight is 174 g/mol. The first-order chi connectivity index (χ1) is 6.26. The quantitative estimate of drug-likeness (QED) is 0.503. The maximum absolute atomic E-state index is 5.54. The van der Waals surface area contributed by atoms with Crippen LogP contribution in [0.15, 0.2) is 48.8 Å². The van der Waals surface area contributed by atoms with Gasteiger partial charge in [0.15, 0.2) is 0 Å². The molecule has 0 aromatic heterocycles. The lowest BCUT2D eigenvalue weighted by molar-refractivity contribution is 0.443. The predicted octanol–water partition coefficient (Wildman–Crippen LogP) is 3.46. The highest BCUT2D eigenvalue weighted by Crippen LogP contribution is 2.15. The van der Waals surface area contributed by atoms with E-state index in [0.29, 0.717) is 0 Å². The normalized spacial score (nSPS) is 11.1. The number of ether oxygens (including phenoxy) is 1. The smallest absolute Gasteiger partial charge is 0.127 e. The average Bonchev–Trinajstić information content (AvgIpc) is 2.14. The van der Waals surface area contributed by atoms with E-state index in [-0.39, 0.29) is 0 Å². The van der Waals surface area contributed by atoms with E-state index in [4.69, 9.17) is 4.74 Å². The molecule has 0 saturated carbocycles. The second-order valence-electron chi connectivity index (χ2n) is 2.81. The van der Waals surface area contributed by atoms with Crippen LogP contribution < -0.4 is 4.74 Å². The van der Waals surface area contributed by atoms with Crippen molar-refractivity contribution in [3.63, 3.8) is 0 Å². The molecule has 1 aromatic rings. The summed E-state index contributed by atoms with van der Waals surface area (Å²) in [7, 11) is 0. The van der Waals surface area contributed by atoms with Crippen LogP contribution in [0.5, 0.6) is 5.75 Å². The van der Waals surface area contributed by atoms with Crippen molar-refractivity contribution in [3.8, 4) is 5.75 Å². The lowest BCUT2D eigenvalue weighted by atomic mass is 10.2. The van der Waals surface area contributed by atoms with E-state index in [0.717, 1.165) is 11.5 Å². The standard InChI is InChI=1S/C12H14O/c1-4-11(5-2)13-12-8-6-7-10(3)9-12/h4-9H,1H2,2-3H3/b11-5+. The van der Waals surface area contributed by atoms with Gasteiger partial charge in [0.2, 0.25) is 0 Å². The molecule has 1 aromatic carbocycles. The summed E-state index contributed by atoms with van der Waals surface area (Å²) in [5.74, 6) is 1.64. The van der Waals surface area contributed by atoms with Crippen LogP contribution in [0.4, 0.5) is 0 Å². The molecule has 0 atom stereocenters. The molecule has 0 fully saturated rings. The Bertz CT molecular complexity index is 324. The molecule has 0 amide bonds. The Labute approximate surface area is 79.4 Å². The van der Waals surface area contributed by atoms with E-state index >= 15 is 0 Å². The summed E-state index contributed by atoms with van der Waals surface area (Å²) in [6, 6.07) is 7.93. The number of allylic oxidation sites excluding steroid dienone is 2. The lowest BCUT2D eigenvalue weighted by Crippen LogP contribution is -1.91. The molecule has 0 aliphatic rings. The molecule has 0 saturated heterocycles. The summed E-state index contributed by atoms with van der Waals surface area (Å²) >= 11 is 0.